The third-order valence-corrected chi connectivity index (χ3v) is 4.03. The van der Waals surface area contributed by atoms with E-state index in [-0.39, 0.29) is 0 Å². The monoisotopic (exact) mass is 283 g/mol. The van der Waals surface area contributed by atoms with E-state index in [1.165, 1.54) is 24.1 Å². The van der Waals surface area contributed by atoms with Crippen molar-refractivity contribution in [2.45, 2.75) is 32.4 Å². The van der Waals surface area contributed by atoms with Crippen LogP contribution in [0.5, 0.6) is 0 Å². The molecular weight excluding hydrogens is 270 g/mol. The minimum atomic E-state index is 0.698. The number of rotatable bonds is 3. The lowest BCUT2D eigenvalue weighted by molar-refractivity contribution is -0.118. The van der Waals surface area contributed by atoms with Gasteiger partial charge in [0.15, 0.2) is 0 Å². The molecule has 0 N–H and O–H groups in total. The van der Waals surface area contributed by atoms with Gasteiger partial charge in [-0.15, -0.1) is 0 Å². The molecule has 0 radical (unpaired) electrons. The van der Waals surface area contributed by atoms with Gasteiger partial charge in [0.2, 0.25) is 6.41 Å². The van der Waals surface area contributed by atoms with E-state index in [0.717, 1.165) is 36.4 Å². The number of aromatic nitrogens is 2. The number of fused-ring (bicyclic) bond motifs is 1. The van der Waals surface area contributed by atoms with Crippen LogP contribution < -0.4 is 0 Å². The molecule has 2 aliphatic rings. The molecule has 1 fully saturated rings. The maximum absolute atomic E-state index is 10.8. The van der Waals surface area contributed by atoms with E-state index in [0.29, 0.717) is 6.54 Å². The number of halogens is 1. The lowest BCUT2D eigenvalue weighted by Crippen LogP contribution is -2.30. The Kier molecular flexibility index (Phi) is 2.50. The third-order valence-electron chi connectivity index (χ3n) is 3.39. The summed E-state index contributed by atoms with van der Waals surface area (Å²) in [5, 5.41) is 4.53. The summed E-state index contributed by atoms with van der Waals surface area (Å²) < 4.78 is 3.05. The van der Waals surface area contributed by atoms with Crippen molar-refractivity contribution < 1.29 is 4.79 Å². The van der Waals surface area contributed by atoms with Crippen molar-refractivity contribution in [3.8, 4) is 0 Å². The van der Waals surface area contributed by atoms with Gasteiger partial charge in [-0.2, -0.15) is 5.10 Å². The van der Waals surface area contributed by atoms with Crippen molar-refractivity contribution in [2.24, 2.45) is 5.92 Å². The van der Waals surface area contributed by atoms with Crippen LogP contribution in [0.25, 0.3) is 0 Å². The minimum Gasteiger partial charge on any atom is -0.340 e. The van der Waals surface area contributed by atoms with Gasteiger partial charge in [0.25, 0.3) is 0 Å². The summed E-state index contributed by atoms with van der Waals surface area (Å²) in [6.07, 6.45) is 4.53. The van der Waals surface area contributed by atoms with Gasteiger partial charge < -0.3 is 4.90 Å². The molecule has 1 aliphatic heterocycles. The number of nitrogens with zero attached hydrogens (tertiary/aromatic N) is 3. The van der Waals surface area contributed by atoms with Gasteiger partial charge in [-0.3, -0.25) is 9.48 Å². The molecule has 16 heavy (non-hydrogen) atoms. The molecule has 1 aromatic rings. The molecule has 2 heterocycles. The highest BCUT2D eigenvalue weighted by Crippen LogP contribution is 2.33. The number of hydrogen-bond donors (Lipinski definition) is 0. The van der Waals surface area contributed by atoms with Crippen LogP contribution in [-0.4, -0.2) is 27.6 Å². The number of carbonyl (C=O) groups excluding carboxylic acids is 1. The first-order chi connectivity index (χ1) is 7.78. The van der Waals surface area contributed by atoms with Crippen LogP contribution in [-0.2, 0) is 24.3 Å². The van der Waals surface area contributed by atoms with Crippen molar-refractivity contribution in [1.82, 2.24) is 14.7 Å². The first-order valence-electron chi connectivity index (χ1n) is 5.71. The molecule has 0 aromatic carbocycles. The molecule has 1 saturated carbocycles. The summed E-state index contributed by atoms with van der Waals surface area (Å²) in [7, 11) is 0. The SMILES string of the molecule is O=CN1CCc2c(c(Br)nn2CC2CC2)C1. The Hall–Kier alpha value is -0.840. The molecule has 0 spiro atoms. The summed E-state index contributed by atoms with van der Waals surface area (Å²) >= 11 is 3.50. The van der Waals surface area contributed by atoms with Gasteiger partial charge in [-0.05, 0) is 34.7 Å². The Morgan fingerprint density at radius 3 is 3.00 bits per heavy atom. The van der Waals surface area contributed by atoms with Crippen LogP contribution in [0, 0.1) is 5.92 Å². The van der Waals surface area contributed by atoms with E-state index in [1.54, 1.807) is 4.90 Å². The lowest BCUT2D eigenvalue weighted by Gasteiger charge is -2.23. The van der Waals surface area contributed by atoms with E-state index in [4.69, 9.17) is 0 Å². The Labute approximate surface area is 103 Å². The zero-order valence-corrected chi connectivity index (χ0v) is 10.6. The van der Waals surface area contributed by atoms with Gasteiger partial charge in [0, 0.05) is 37.3 Å². The third kappa shape index (κ3) is 1.77. The molecule has 0 unspecified atom stereocenters. The number of carbonyl (C=O) groups is 1. The summed E-state index contributed by atoms with van der Waals surface area (Å²) in [6, 6.07) is 0. The van der Waals surface area contributed by atoms with Crippen LogP contribution in [0.4, 0.5) is 0 Å². The van der Waals surface area contributed by atoms with Crippen molar-refractivity contribution in [1.29, 1.82) is 0 Å². The van der Waals surface area contributed by atoms with Crippen LogP contribution in [0.15, 0.2) is 4.60 Å². The molecule has 0 atom stereocenters. The zero-order valence-electron chi connectivity index (χ0n) is 9.03. The highest BCUT2D eigenvalue weighted by Gasteiger charge is 2.27. The Balaban J connectivity index is 1.89. The second kappa shape index (κ2) is 3.87. The molecule has 4 nitrogen and oxygen atoms in total. The first kappa shape index (κ1) is 10.3. The summed E-state index contributed by atoms with van der Waals surface area (Å²) in [4.78, 5) is 12.6. The Morgan fingerprint density at radius 1 is 1.50 bits per heavy atom. The van der Waals surface area contributed by atoms with Crippen molar-refractivity contribution in [3.63, 3.8) is 0 Å². The van der Waals surface area contributed by atoms with E-state index in [1.807, 2.05) is 0 Å². The van der Waals surface area contributed by atoms with Crippen LogP contribution >= 0.6 is 15.9 Å². The summed E-state index contributed by atoms with van der Waals surface area (Å²) in [5.74, 6) is 0.833. The molecule has 1 aliphatic carbocycles. The van der Waals surface area contributed by atoms with Crippen LogP contribution in [0.3, 0.4) is 0 Å². The highest BCUT2D eigenvalue weighted by molar-refractivity contribution is 9.10. The van der Waals surface area contributed by atoms with Crippen LogP contribution in [0.1, 0.15) is 24.1 Å². The minimum absolute atomic E-state index is 0.698. The second-order valence-electron chi connectivity index (χ2n) is 4.67. The van der Waals surface area contributed by atoms with Crippen molar-refractivity contribution in [2.75, 3.05) is 6.54 Å². The normalized spacial score (nSPS) is 19.7. The average Bonchev–Trinajstić information content (AvgIpc) is 3.05. The fourth-order valence-corrected chi connectivity index (χ4v) is 2.80. The van der Waals surface area contributed by atoms with Gasteiger partial charge in [0.05, 0.1) is 0 Å². The average molecular weight is 284 g/mol. The van der Waals surface area contributed by atoms with Gasteiger partial charge in [-0.1, -0.05) is 0 Å². The summed E-state index contributed by atoms with van der Waals surface area (Å²) in [6.45, 7) is 2.57. The molecular formula is C11H14BrN3O. The summed E-state index contributed by atoms with van der Waals surface area (Å²) in [5.41, 5.74) is 2.51. The lowest BCUT2D eigenvalue weighted by atomic mass is 10.1. The largest absolute Gasteiger partial charge is 0.340 e. The fraction of sp³-hybridized carbons (Fsp3) is 0.636. The number of hydrogen-bond acceptors (Lipinski definition) is 2. The molecule has 5 heteroatoms. The van der Waals surface area contributed by atoms with Gasteiger partial charge in [0.1, 0.15) is 4.60 Å². The van der Waals surface area contributed by atoms with Crippen LogP contribution in [0.2, 0.25) is 0 Å². The van der Waals surface area contributed by atoms with E-state index >= 15 is 0 Å². The van der Waals surface area contributed by atoms with E-state index < -0.39 is 0 Å². The topological polar surface area (TPSA) is 38.1 Å². The van der Waals surface area contributed by atoms with Gasteiger partial charge in [-0.25, -0.2) is 0 Å². The molecule has 1 aromatic heterocycles. The molecule has 0 bridgehead atoms. The molecule has 1 amide bonds. The predicted molar refractivity (Wildman–Crippen MR) is 62.8 cm³/mol. The van der Waals surface area contributed by atoms with E-state index in [2.05, 4.69) is 25.7 Å². The first-order valence-corrected chi connectivity index (χ1v) is 6.50. The van der Waals surface area contributed by atoms with Gasteiger partial charge >= 0.3 is 0 Å². The maximum atomic E-state index is 10.8. The van der Waals surface area contributed by atoms with Crippen molar-refractivity contribution in [3.05, 3.63) is 15.9 Å². The molecule has 86 valence electrons. The number of amides is 1. The zero-order chi connectivity index (χ0) is 11.1. The maximum Gasteiger partial charge on any atom is 0.210 e. The predicted octanol–water partition coefficient (Wildman–Crippen LogP) is 1.57. The second-order valence-corrected chi connectivity index (χ2v) is 5.42. The smallest absolute Gasteiger partial charge is 0.210 e. The van der Waals surface area contributed by atoms with Crippen molar-refractivity contribution >= 4 is 22.3 Å². The Bertz CT molecular complexity index is 425. The molecule has 3 rings (SSSR count). The highest BCUT2D eigenvalue weighted by atomic mass is 79.9. The Morgan fingerprint density at radius 2 is 2.31 bits per heavy atom. The molecule has 0 saturated heterocycles. The standard InChI is InChI=1S/C11H14BrN3O/c12-11-9-6-14(7-16)4-3-10(9)15(13-11)5-8-1-2-8/h7-8H,1-6H2. The fourth-order valence-electron chi connectivity index (χ4n) is 2.26. The quantitative estimate of drug-likeness (QED) is 0.790. The van der Waals surface area contributed by atoms with E-state index in [9.17, 15) is 4.79 Å².